The highest BCUT2D eigenvalue weighted by Crippen LogP contribution is 2.29. The number of nitrogens with one attached hydrogen (secondary N) is 1. The quantitative estimate of drug-likeness (QED) is 0.864. The van der Waals surface area contributed by atoms with Crippen molar-refractivity contribution in [2.24, 2.45) is 0 Å². The molecule has 0 heterocycles. The van der Waals surface area contributed by atoms with E-state index in [1.807, 2.05) is 25.2 Å². The van der Waals surface area contributed by atoms with Gasteiger partial charge in [-0.2, -0.15) is 0 Å². The fourth-order valence-electron chi connectivity index (χ4n) is 1.64. The van der Waals surface area contributed by atoms with Gasteiger partial charge in [0, 0.05) is 22.6 Å². The molecule has 2 rings (SSSR count). The van der Waals surface area contributed by atoms with Gasteiger partial charge in [0.15, 0.2) is 0 Å². The van der Waals surface area contributed by atoms with E-state index in [2.05, 4.69) is 21.2 Å². The lowest BCUT2D eigenvalue weighted by Crippen LogP contribution is -2.06. The van der Waals surface area contributed by atoms with Crippen molar-refractivity contribution in [3.8, 4) is 11.5 Å². The summed E-state index contributed by atoms with van der Waals surface area (Å²) in [6.45, 7) is 0.658. The minimum absolute atomic E-state index is 0.0820. The summed E-state index contributed by atoms with van der Waals surface area (Å²) in [4.78, 5) is 0. The van der Waals surface area contributed by atoms with Gasteiger partial charge in [-0.05, 0) is 37.4 Å². The van der Waals surface area contributed by atoms with E-state index >= 15 is 0 Å². The van der Waals surface area contributed by atoms with Gasteiger partial charge in [-0.15, -0.1) is 0 Å². The Balaban J connectivity index is 2.29. The van der Waals surface area contributed by atoms with Gasteiger partial charge in [0.2, 0.25) is 0 Å². The monoisotopic (exact) mass is 343 g/mol. The van der Waals surface area contributed by atoms with Gasteiger partial charge in [0.1, 0.15) is 17.3 Å². The third-order valence-electron chi connectivity index (χ3n) is 2.51. The Bertz CT molecular complexity index is 592. The first-order valence-corrected chi connectivity index (χ1v) is 6.83. The Kier molecular flexibility index (Phi) is 4.80. The molecule has 0 amide bonds. The summed E-state index contributed by atoms with van der Waals surface area (Å²) in [5.74, 6) is 0.604. The molecule has 0 saturated carbocycles. The first kappa shape index (κ1) is 14.3. The lowest BCUT2D eigenvalue weighted by Gasteiger charge is -2.11. The van der Waals surface area contributed by atoms with Crippen LogP contribution in [0.5, 0.6) is 11.5 Å². The Morgan fingerprint density at radius 2 is 2.05 bits per heavy atom. The van der Waals surface area contributed by atoms with Crippen molar-refractivity contribution in [1.29, 1.82) is 0 Å². The molecule has 0 radical (unpaired) electrons. The predicted molar refractivity (Wildman–Crippen MR) is 78.4 cm³/mol. The van der Waals surface area contributed by atoms with Crippen LogP contribution in [0.4, 0.5) is 4.39 Å². The lowest BCUT2D eigenvalue weighted by molar-refractivity contribution is 0.469. The topological polar surface area (TPSA) is 21.3 Å². The fourth-order valence-corrected chi connectivity index (χ4v) is 2.17. The minimum atomic E-state index is -0.494. The number of hydrogen-bond acceptors (Lipinski definition) is 2. The third-order valence-corrected chi connectivity index (χ3v) is 3.31. The van der Waals surface area contributed by atoms with Crippen LogP contribution in [0.1, 0.15) is 5.56 Å². The number of benzene rings is 2. The number of hydrogen-bond donors (Lipinski definition) is 1. The second kappa shape index (κ2) is 6.37. The summed E-state index contributed by atoms with van der Waals surface area (Å²) < 4.78 is 20.0. The Labute approximate surface area is 124 Å². The molecule has 0 bridgehead atoms. The van der Waals surface area contributed by atoms with Crippen LogP contribution in [-0.4, -0.2) is 7.05 Å². The Morgan fingerprint density at radius 3 is 2.74 bits per heavy atom. The van der Waals surface area contributed by atoms with E-state index in [0.717, 1.165) is 10.0 Å². The van der Waals surface area contributed by atoms with Gasteiger partial charge in [-0.25, -0.2) is 4.39 Å². The van der Waals surface area contributed by atoms with Gasteiger partial charge in [-0.1, -0.05) is 27.5 Å². The molecule has 0 saturated heterocycles. The molecule has 0 aliphatic rings. The van der Waals surface area contributed by atoms with Crippen molar-refractivity contribution in [3.05, 3.63) is 57.3 Å². The maximum atomic E-state index is 13.4. The van der Waals surface area contributed by atoms with Crippen LogP contribution >= 0.6 is 27.5 Å². The van der Waals surface area contributed by atoms with Gasteiger partial charge >= 0.3 is 0 Å². The number of ether oxygens (including phenoxy) is 1. The summed E-state index contributed by atoms with van der Waals surface area (Å²) >= 11 is 9.05. The molecule has 1 N–H and O–H groups in total. The van der Waals surface area contributed by atoms with Crippen LogP contribution < -0.4 is 10.1 Å². The van der Waals surface area contributed by atoms with E-state index < -0.39 is 5.82 Å². The normalized spacial score (nSPS) is 10.5. The second-order valence-corrected chi connectivity index (χ2v) is 5.28. The minimum Gasteiger partial charge on any atom is -0.457 e. The van der Waals surface area contributed by atoms with Crippen molar-refractivity contribution in [3.63, 3.8) is 0 Å². The van der Waals surface area contributed by atoms with Gasteiger partial charge in [0.25, 0.3) is 0 Å². The SMILES string of the molecule is CNCc1cc(Br)ccc1Oc1ccc(Cl)c(F)c1. The molecule has 0 unspecified atom stereocenters. The summed E-state index contributed by atoms with van der Waals surface area (Å²) in [7, 11) is 1.85. The molecule has 0 spiro atoms. The van der Waals surface area contributed by atoms with E-state index in [1.165, 1.54) is 12.1 Å². The zero-order chi connectivity index (χ0) is 13.8. The van der Waals surface area contributed by atoms with Crippen molar-refractivity contribution >= 4 is 27.5 Å². The molecule has 5 heteroatoms. The second-order valence-electron chi connectivity index (χ2n) is 3.96. The van der Waals surface area contributed by atoms with Crippen LogP contribution in [0.2, 0.25) is 5.02 Å². The van der Waals surface area contributed by atoms with Crippen LogP contribution in [0, 0.1) is 5.82 Å². The zero-order valence-electron chi connectivity index (χ0n) is 10.2. The van der Waals surface area contributed by atoms with Crippen molar-refractivity contribution in [1.82, 2.24) is 5.32 Å². The smallest absolute Gasteiger partial charge is 0.145 e. The molecule has 2 aromatic rings. The molecule has 0 fully saturated rings. The zero-order valence-corrected chi connectivity index (χ0v) is 12.6. The summed E-state index contributed by atoms with van der Waals surface area (Å²) in [6, 6.07) is 10.1. The molecular weight excluding hydrogens is 333 g/mol. The van der Waals surface area contributed by atoms with Crippen LogP contribution in [0.3, 0.4) is 0 Å². The highest BCUT2D eigenvalue weighted by molar-refractivity contribution is 9.10. The van der Waals surface area contributed by atoms with E-state index in [-0.39, 0.29) is 5.02 Å². The molecule has 0 aliphatic carbocycles. The predicted octanol–water partition coefficient (Wildman–Crippen LogP) is 4.75. The number of halogens is 3. The van der Waals surface area contributed by atoms with E-state index in [1.54, 1.807) is 6.07 Å². The third kappa shape index (κ3) is 3.69. The molecule has 0 aromatic heterocycles. The van der Waals surface area contributed by atoms with Gasteiger partial charge < -0.3 is 10.1 Å². The van der Waals surface area contributed by atoms with E-state index in [9.17, 15) is 4.39 Å². The molecule has 19 heavy (non-hydrogen) atoms. The fraction of sp³-hybridized carbons (Fsp3) is 0.143. The molecular formula is C14H12BrClFNO. The molecule has 0 aliphatic heterocycles. The van der Waals surface area contributed by atoms with E-state index in [4.69, 9.17) is 16.3 Å². The van der Waals surface area contributed by atoms with Gasteiger partial charge in [0.05, 0.1) is 5.02 Å². The first-order valence-electron chi connectivity index (χ1n) is 5.66. The molecule has 0 atom stereocenters. The molecule has 2 nitrogen and oxygen atoms in total. The largest absolute Gasteiger partial charge is 0.457 e. The Morgan fingerprint density at radius 1 is 1.26 bits per heavy atom. The maximum Gasteiger partial charge on any atom is 0.145 e. The average Bonchev–Trinajstić information content (AvgIpc) is 2.37. The molecule has 100 valence electrons. The lowest BCUT2D eigenvalue weighted by atomic mass is 10.2. The summed E-state index contributed by atoms with van der Waals surface area (Å²) in [6.07, 6.45) is 0. The summed E-state index contributed by atoms with van der Waals surface area (Å²) in [5, 5.41) is 3.14. The van der Waals surface area contributed by atoms with Crippen molar-refractivity contribution in [2.45, 2.75) is 6.54 Å². The Hall–Kier alpha value is -1.10. The highest BCUT2D eigenvalue weighted by Gasteiger charge is 2.07. The first-order chi connectivity index (χ1) is 9.10. The van der Waals surface area contributed by atoms with Gasteiger partial charge in [-0.3, -0.25) is 0 Å². The molecule has 2 aromatic carbocycles. The number of rotatable bonds is 4. The van der Waals surface area contributed by atoms with Crippen molar-refractivity contribution < 1.29 is 9.13 Å². The van der Waals surface area contributed by atoms with Crippen LogP contribution in [0.15, 0.2) is 40.9 Å². The van der Waals surface area contributed by atoms with Crippen LogP contribution in [-0.2, 0) is 6.54 Å². The maximum absolute atomic E-state index is 13.4. The average molecular weight is 345 g/mol. The highest BCUT2D eigenvalue weighted by atomic mass is 79.9. The van der Waals surface area contributed by atoms with Crippen LogP contribution in [0.25, 0.3) is 0 Å². The van der Waals surface area contributed by atoms with Crippen molar-refractivity contribution in [2.75, 3.05) is 7.05 Å². The summed E-state index contributed by atoms with van der Waals surface area (Å²) in [5.41, 5.74) is 0.979. The standard InChI is InChI=1S/C14H12BrClFNO/c1-18-8-9-6-10(15)2-5-14(9)19-11-3-4-12(16)13(17)7-11/h2-7,18H,8H2,1H3. The van der Waals surface area contributed by atoms with E-state index in [0.29, 0.717) is 18.0 Å².